The van der Waals surface area contributed by atoms with Crippen molar-refractivity contribution in [1.82, 2.24) is 0 Å². The van der Waals surface area contributed by atoms with E-state index in [1.54, 1.807) is 6.92 Å². The van der Waals surface area contributed by atoms with Gasteiger partial charge in [0.15, 0.2) is 5.79 Å². The van der Waals surface area contributed by atoms with Gasteiger partial charge in [0.05, 0.1) is 5.92 Å². The Kier molecular flexibility index (Phi) is 2.45. The van der Waals surface area contributed by atoms with Crippen molar-refractivity contribution in [3.63, 3.8) is 0 Å². The van der Waals surface area contributed by atoms with E-state index in [0.717, 1.165) is 12.8 Å². The molecule has 1 N–H and O–H groups in total. The third-order valence-corrected chi connectivity index (χ3v) is 6.15. The van der Waals surface area contributed by atoms with E-state index in [-0.39, 0.29) is 23.7 Å². The van der Waals surface area contributed by atoms with Gasteiger partial charge in [-0.25, -0.2) is 0 Å². The van der Waals surface area contributed by atoms with Crippen molar-refractivity contribution in [1.29, 1.82) is 0 Å². The van der Waals surface area contributed by atoms with Gasteiger partial charge in [0.25, 0.3) is 0 Å². The lowest BCUT2D eigenvalue weighted by molar-refractivity contribution is -0.294. The lowest BCUT2D eigenvalue weighted by Crippen LogP contribution is -2.66. The molecule has 6 unspecified atom stereocenters. The molecule has 0 aromatic rings. The van der Waals surface area contributed by atoms with Gasteiger partial charge in [0, 0.05) is 5.92 Å². The molecule has 3 aliphatic heterocycles. The van der Waals surface area contributed by atoms with Gasteiger partial charge in [-0.1, -0.05) is 13.8 Å². The Morgan fingerprint density at radius 1 is 1.25 bits per heavy atom. The van der Waals surface area contributed by atoms with Gasteiger partial charge in [0.1, 0.15) is 11.7 Å². The molecule has 0 aromatic heterocycles. The third-order valence-electron chi connectivity index (χ3n) is 6.15. The number of carbonyl (C=O) groups is 1. The van der Waals surface area contributed by atoms with Gasteiger partial charge >= 0.3 is 5.97 Å². The maximum absolute atomic E-state index is 12.1. The number of aliphatic hydroxyl groups excluding tert-OH is 1. The Labute approximate surface area is 118 Å². The second kappa shape index (κ2) is 3.76. The molecule has 5 nitrogen and oxygen atoms in total. The molecule has 0 radical (unpaired) electrons. The van der Waals surface area contributed by atoms with Gasteiger partial charge < -0.3 is 19.3 Å². The van der Waals surface area contributed by atoms with Gasteiger partial charge in [-0.15, -0.1) is 0 Å². The predicted octanol–water partition coefficient (Wildman–Crippen LogP) is 1.43. The number of fused-ring (bicyclic) bond motifs is 1. The highest BCUT2D eigenvalue weighted by Gasteiger charge is 2.74. The van der Waals surface area contributed by atoms with E-state index in [0.29, 0.717) is 12.3 Å². The zero-order valence-corrected chi connectivity index (χ0v) is 12.2. The predicted molar refractivity (Wildman–Crippen MR) is 68.4 cm³/mol. The third kappa shape index (κ3) is 1.32. The number of carbonyl (C=O) groups excluding carboxylic acids is 1. The standard InChI is InChI=1S/C15H22O5/c1-7-4-5-9-8(2)12(17)18-13-15(9)10(7)6-11(16)14(3,19-13)20-15/h7-11,13,16H,4-6H2,1-3H3/t7?,8-,9?,10?,11?,13?,14+,15?/m1/s1. The summed E-state index contributed by atoms with van der Waals surface area (Å²) in [7, 11) is 0. The first kappa shape index (κ1) is 13.0. The normalized spacial score (nSPS) is 60.9. The Morgan fingerprint density at radius 3 is 2.75 bits per heavy atom. The summed E-state index contributed by atoms with van der Waals surface area (Å²) in [6.45, 7) is 5.88. The first-order valence-electron chi connectivity index (χ1n) is 7.65. The lowest BCUT2D eigenvalue weighted by Gasteiger charge is -2.56. The summed E-state index contributed by atoms with van der Waals surface area (Å²) in [5.41, 5.74) is -0.557. The highest BCUT2D eigenvalue weighted by molar-refractivity contribution is 5.74. The van der Waals surface area contributed by atoms with Crippen molar-refractivity contribution in [2.24, 2.45) is 23.7 Å². The maximum atomic E-state index is 12.1. The monoisotopic (exact) mass is 282 g/mol. The molecule has 1 aliphatic carbocycles. The molecule has 0 aromatic carbocycles. The summed E-state index contributed by atoms with van der Waals surface area (Å²) >= 11 is 0. The van der Waals surface area contributed by atoms with Crippen LogP contribution < -0.4 is 0 Å². The van der Waals surface area contributed by atoms with Crippen molar-refractivity contribution < 1.29 is 24.1 Å². The minimum absolute atomic E-state index is 0.129. The summed E-state index contributed by atoms with van der Waals surface area (Å²) < 4.78 is 17.7. The molecule has 3 saturated heterocycles. The highest BCUT2D eigenvalue weighted by atomic mass is 16.8. The molecule has 4 rings (SSSR count). The zero-order valence-electron chi connectivity index (χ0n) is 12.2. The summed E-state index contributed by atoms with van der Waals surface area (Å²) in [6.07, 6.45) is 1.35. The molecular formula is C15H22O5. The van der Waals surface area contributed by atoms with E-state index in [1.807, 2.05) is 6.92 Å². The summed E-state index contributed by atoms with van der Waals surface area (Å²) in [5, 5.41) is 10.4. The second-order valence-electron chi connectivity index (χ2n) is 7.17. The fraction of sp³-hybridized carbons (Fsp3) is 0.933. The quantitative estimate of drug-likeness (QED) is 0.681. The molecule has 5 heteroatoms. The molecule has 1 spiro atoms. The number of hydrogen-bond acceptors (Lipinski definition) is 5. The first-order chi connectivity index (χ1) is 9.38. The Balaban J connectivity index is 1.85. The van der Waals surface area contributed by atoms with Crippen molar-refractivity contribution in [3.8, 4) is 0 Å². The average Bonchev–Trinajstić information content (AvgIpc) is 2.64. The van der Waals surface area contributed by atoms with Crippen LogP contribution in [0.15, 0.2) is 0 Å². The van der Waals surface area contributed by atoms with Crippen LogP contribution in [0.1, 0.15) is 40.0 Å². The minimum atomic E-state index is -1.04. The van der Waals surface area contributed by atoms with E-state index in [9.17, 15) is 9.90 Å². The van der Waals surface area contributed by atoms with Crippen LogP contribution in [-0.4, -0.2) is 34.9 Å². The van der Waals surface area contributed by atoms with Crippen LogP contribution in [-0.2, 0) is 19.0 Å². The molecule has 4 aliphatic rings. The lowest BCUT2D eigenvalue weighted by atomic mass is 9.57. The van der Waals surface area contributed by atoms with Crippen molar-refractivity contribution in [2.75, 3.05) is 0 Å². The maximum Gasteiger partial charge on any atom is 0.311 e. The van der Waals surface area contributed by atoms with E-state index >= 15 is 0 Å². The first-order valence-corrected chi connectivity index (χ1v) is 7.65. The van der Waals surface area contributed by atoms with Crippen molar-refractivity contribution in [2.45, 2.75) is 63.8 Å². The van der Waals surface area contributed by atoms with Gasteiger partial charge in [0.2, 0.25) is 6.29 Å². The number of rotatable bonds is 0. The molecule has 112 valence electrons. The number of esters is 1. The number of hydrogen-bond donors (Lipinski definition) is 1. The van der Waals surface area contributed by atoms with Crippen LogP contribution in [0.25, 0.3) is 0 Å². The largest absolute Gasteiger partial charge is 0.432 e. The SMILES string of the molecule is CC1CCC2[C@@H](C)C(=O)OC3O[C@@]4(C)OC32C1CC4O. The minimum Gasteiger partial charge on any atom is -0.432 e. The smallest absolute Gasteiger partial charge is 0.311 e. The molecule has 0 amide bonds. The van der Waals surface area contributed by atoms with Crippen LogP contribution in [0.5, 0.6) is 0 Å². The van der Waals surface area contributed by atoms with E-state index in [2.05, 4.69) is 6.92 Å². The topological polar surface area (TPSA) is 65.0 Å². The second-order valence-corrected chi connectivity index (χ2v) is 7.17. The number of aliphatic hydroxyl groups is 1. The van der Waals surface area contributed by atoms with Gasteiger partial charge in [-0.2, -0.15) is 0 Å². The average molecular weight is 282 g/mol. The van der Waals surface area contributed by atoms with Crippen LogP contribution in [0.3, 0.4) is 0 Å². The van der Waals surface area contributed by atoms with E-state index in [1.165, 1.54) is 0 Å². The summed E-state index contributed by atoms with van der Waals surface area (Å²) in [4.78, 5) is 12.1. The molecule has 4 fully saturated rings. The zero-order chi connectivity index (χ0) is 14.3. The fourth-order valence-corrected chi connectivity index (χ4v) is 4.97. The van der Waals surface area contributed by atoms with Gasteiger partial charge in [-0.3, -0.25) is 4.79 Å². The molecular weight excluding hydrogens is 260 g/mol. The molecule has 20 heavy (non-hydrogen) atoms. The van der Waals surface area contributed by atoms with Crippen LogP contribution in [0, 0.1) is 23.7 Å². The van der Waals surface area contributed by atoms with E-state index < -0.39 is 23.8 Å². The Hall–Kier alpha value is -0.650. The molecule has 3 heterocycles. The fourth-order valence-electron chi connectivity index (χ4n) is 4.97. The van der Waals surface area contributed by atoms with Crippen molar-refractivity contribution in [3.05, 3.63) is 0 Å². The van der Waals surface area contributed by atoms with Crippen molar-refractivity contribution >= 4 is 5.97 Å². The highest BCUT2D eigenvalue weighted by Crippen LogP contribution is 2.62. The number of ether oxygens (including phenoxy) is 3. The van der Waals surface area contributed by atoms with Crippen LogP contribution in [0.4, 0.5) is 0 Å². The van der Waals surface area contributed by atoms with E-state index in [4.69, 9.17) is 14.2 Å². The van der Waals surface area contributed by atoms with Crippen LogP contribution in [0.2, 0.25) is 0 Å². The van der Waals surface area contributed by atoms with Crippen LogP contribution >= 0.6 is 0 Å². The Morgan fingerprint density at radius 2 is 2.00 bits per heavy atom. The molecule has 2 bridgehead atoms. The van der Waals surface area contributed by atoms with Gasteiger partial charge in [-0.05, 0) is 38.0 Å². The Bertz CT molecular complexity index is 465. The summed E-state index contributed by atoms with van der Waals surface area (Å²) in [6, 6.07) is 0. The molecule has 1 saturated carbocycles. The molecule has 8 atom stereocenters. The summed E-state index contributed by atoms with van der Waals surface area (Å²) in [5.74, 6) is -0.646.